The van der Waals surface area contributed by atoms with Gasteiger partial charge in [-0.25, -0.2) is 4.39 Å². The van der Waals surface area contributed by atoms with Crippen molar-refractivity contribution in [2.75, 3.05) is 20.6 Å². The summed E-state index contributed by atoms with van der Waals surface area (Å²) >= 11 is 0. The van der Waals surface area contributed by atoms with Gasteiger partial charge in [-0.1, -0.05) is 0 Å². The van der Waals surface area contributed by atoms with Gasteiger partial charge in [0.2, 0.25) is 5.91 Å². The van der Waals surface area contributed by atoms with Crippen molar-refractivity contribution in [2.24, 2.45) is 0 Å². The topological polar surface area (TPSA) is 53.8 Å². The van der Waals surface area contributed by atoms with E-state index in [1.807, 2.05) is 0 Å². The standard InChI is InChI=1S/C18H19FN2O3/c1-20(2)17(22)14-4-3-11-21(14)18(23)16-10-9-15(24-16)12-5-7-13(19)8-6-12/h5-10,14H,3-4,11H2,1-2H3. The Morgan fingerprint density at radius 1 is 1.17 bits per heavy atom. The molecule has 1 fully saturated rings. The molecule has 0 N–H and O–H groups in total. The quantitative estimate of drug-likeness (QED) is 0.869. The smallest absolute Gasteiger partial charge is 0.290 e. The van der Waals surface area contributed by atoms with Crippen LogP contribution in [0.15, 0.2) is 40.8 Å². The van der Waals surface area contributed by atoms with Crippen molar-refractivity contribution >= 4 is 11.8 Å². The maximum atomic E-state index is 13.0. The van der Waals surface area contributed by atoms with Crippen molar-refractivity contribution in [3.63, 3.8) is 0 Å². The summed E-state index contributed by atoms with van der Waals surface area (Å²) < 4.78 is 18.6. The summed E-state index contributed by atoms with van der Waals surface area (Å²) in [5, 5.41) is 0. The fourth-order valence-electron chi connectivity index (χ4n) is 2.93. The number of furan rings is 1. The van der Waals surface area contributed by atoms with E-state index in [2.05, 4.69) is 0 Å². The van der Waals surface area contributed by atoms with Crippen LogP contribution in [-0.4, -0.2) is 48.3 Å². The zero-order chi connectivity index (χ0) is 17.3. The number of likely N-dealkylation sites (tertiary alicyclic amines) is 1. The average Bonchev–Trinajstić information content (AvgIpc) is 3.23. The van der Waals surface area contributed by atoms with E-state index < -0.39 is 6.04 Å². The van der Waals surface area contributed by atoms with Gasteiger partial charge in [0.1, 0.15) is 17.6 Å². The summed E-state index contributed by atoms with van der Waals surface area (Å²) in [5.41, 5.74) is 0.692. The molecule has 3 rings (SSSR count). The van der Waals surface area contributed by atoms with E-state index in [9.17, 15) is 14.0 Å². The molecule has 5 nitrogen and oxygen atoms in total. The monoisotopic (exact) mass is 330 g/mol. The Hall–Kier alpha value is -2.63. The van der Waals surface area contributed by atoms with Crippen LogP contribution < -0.4 is 0 Å². The van der Waals surface area contributed by atoms with E-state index in [1.165, 1.54) is 17.0 Å². The fraction of sp³-hybridized carbons (Fsp3) is 0.333. The first-order valence-corrected chi connectivity index (χ1v) is 7.85. The van der Waals surface area contributed by atoms with Crippen LogP contribution in [0.2, 0.25) is 0 Å². The minimum absolute atomic E-state index is 0.0776. The molecule has 0 aliphatic carbocycles. The zero-order valence-electron chi connectivity index (χ0n) is 13.7. The predicted octanol–water partition coefficient (Wildman–Crippen LogP) is 2.78. The number of benzene rings is 1. The van der Waals surface area contributed by atoms with Gasteiger partial charge in [-0.3, -0.25) is 9.59 Å². The summed E-state index contributed by atoms with van der Waals surface area (Å²) in [5.74, 6) is -0.0169. The van der Waals surface area contributed by atoms with Crippen molar-refractivity contribution in [3.05, 3.63) is 48.0 Å². The number of rotatable bonds is 3. The van der Waals surface area contributed by atoms with Gasteiger partial charge >= 0.3 is 0 Å². The SMILES string of the molecule is CN(C)C(=O)C1CCCN1C(=O)c1ccc(-c2ccc(F)cc2)o1. The predicted molar refractivity (Wildman–Crippen MR) is 86.9 cm³/mol. The van der Waals surface area contributed by atoms with Crippen molar-refractivity contribution < 1.29 is 18.4 Å². The van der Waals surface area contributed by atoms with Gasteiger partial charge in [-0.15, -0.1) is 0 Å². The molecular formula is C18H19FN2O3. The number of hydrogen-bond acceptors (Lipinski definition) is 3. The number of nitrogens with zero attached hydrogens (tertiary/aromatic N) is 2. The molecule has 1 aliphatic heterocycles. The van der Waals surface area contributed by atoms with E-state index >= 15 is 0 Å². The van der Waals surface area contributed by atoms with Crippen LogP contribution in [0.5, 0.6) is 0 Å². The van der Waals surface area contributed by atoms with Gasteiger partial charge in [-0.05, 0) is 49.2 Å². The Balaban J connectivity index is 1.80. The molecule has 24 heavy (non-hydrogen) atoms. The zero-order valence-corrected chi connectivity index (χ0v) is 13.7. The van der Waals surface area contributed by atoms with Gasteiger partial charge in [0.05, 0.1) is 0 Å². The molecule has 1 aromatic heterocycles. The maximum Gasteiger partial charge on any atom is 0.290 e. The van der Waals surface area contributed by atoms with Crippen LogP contribution in [0.25, 0.3) is 11.3 Å². The Morgan fingerprint density at radius 2 is 1.88 bits per heavy atom. The minimum atomic E-state index is -0.438. The highest BCUT2D eigenvalue weighted by atomic mass is 19.1. The summed E-state index contributed by atoms with van der Waals surface area (Å²) in [6.45, 7) is 0.537. The van der Waals surface area contributed by atoms with E-state index in [-0.39, 0.29) is 23.4 Å². The van der Waals surface area contributed by atoms with Crippen molar-refractivity contribution in [1.29, 1.82) is 0 Å². The highest BCUT2D eigenvalue weighted by Gasteiger charge is 2.36. The second kappa shape index (κ2) is 6.47. The summed E-state index contributed by atoms with van der Waals surface area (Å²) in [4.78, 5) is 28.0. The third-order valence-corrected chi connectivity index (χ3v) is 4.19. The summed E-state index contributed by atoms with van der Waals surface area (Å²) in [6.07, 6.45) is 1.45. The third-order valence-electron chi connectivity index (χ3n) is 4.19. The first-order valence-electron chi connectivity index (χ1n) is 7.85. The lowest BCUT2D eigenvalue weighted by Gasteiger charge is -2.25. The van der Waals surface area contributed by atoms with E-state index in [4.69, 9.17) is 4.42 Å². The Labute approximate surface area is 139 Å². The van der Waals surface area contributed by atoms with Crippen LogP contribution in [0, 0.1) is 5.82 Å². The van der Waals surface area contributed by atoms with E-state index in [0.717, 1.165) is 6.42 Å². The number of halogens is 1. The van der Waals surface area contributed by atoms with Crippen LogP contribution in [-0.2, 0) is 4.79 Å². The molecule has 1 aromatic carbocycles. The largest absolute Gasteiger partial charge is 0.451 e. The fourth-order valence-corrected chi connectivity index (χ4v) is 2.93. The van der Waals surface area contributed by atoms with Crippen LogP contribution >= 0.6 is 0 Å². The lowest BCUT2D eigenvalue weighted by molar-refractivity contribution is -0.132. The Morgan fingerprint density at radius 3 is 2.54 bits per heavy atom. The maximum absolute atomic E-state index is 13.0. The molecule has 1 atom stereocenters. The Bertz CT molecular complexity index is 752. The van der Waals surface area contributed by atoms with Crippen molar-refractivity contribution in [1.82, 2.24) is 9.80 Å². The molecule has 0 radical (unpaired) electrons. The highest BCUT2D eigenvalue weighted by Crippen LogP contribution is 2.26. The second-order valence-corrected chi connectivity index (χ2v) is 6.06. The molecule has 1 unspecified atom stereocenters. The van der Waals surface area contributed by atoms with Gasteiger partial charge in [0.25, 0.3) is 5.91 Å². The number of amides is 2. The third kappa shape index (κ3) is 3.04. The van der Waals surface area contributed by atoms with Gasteiger partial charge in [0.15, 0.2) is 5.76 Å². The number of hydrogen-bond donors (Lipinski definition) is 0. The van der Waals surface area contributed by atoms with Crippen LogP contribution in [0.4, 0.5) is 4.39 Å². The normalized spacial score (nSPS) is 17.1. The first-order chi connectivity index (χ1) is 11.5. The number of likely N-dealkylation sites (N-methyl/N-ethyl adjacent to an activating group) is 1. The molecule has 126 valence electrons. The molecule has 0 saturated carbocycles. The molecular weight excluding hydrogens is 311 g/mol. The van der Waals surface area contributed by atoms with E-state index in [1.54, 1.807) is 43.3 Å². The Kier molecular flexibility index (Phi) is 4.38. The van der Waals surface area contributed by atoms with Crippen molar-refractivity contribution in [3.8, 4) is 11.3 Å². The summed E-state index contributed by atoms with van der Waals surface area (Å²) in [7, 11) is 3.37. The lowest BCUT2D eigenvalue weighted by Crippen LogP contribution is -2.45. The molecule has 0 spiro atoms. The molecule has 0 bridgehead atoms. The van der Waals surface area contributed by atoms with Gasteiger partial charge < -0.3 is 14.2 Å². The molecule has 6 heteroatoms. The number of carbonyl (C=O) groups excluding carboxylic acids is 2. The van der Waals surface area contributed by atoms with Crippen LogP contribution in [0.3, 0.4) is 0 Å². The lowest BCUT2D eigenvalue weighted by atomic mass is 10.2. The second-order valence-electron chi connectivity index (χ2n) is 6.06. The molecule has 2 heterocycles. The number of carbonyl (C=O) groups is 2. The van der Waals surface area contributed by atoms with Crippen molar-refractivity contribution in [2.45, 2.75) is 18.9 Å². The summed E-state index contributed by atoms with van der Waals surface area (Å²) in [6, 6.07) is 8.70. The molecule has 1 aliphatic rings. The van der Waals surface area contributed by atoms with Crippen LogP contribution in [0.1, 0.15) is 23.4 Å². The molecule has 1 saturated heterocycles. The highest BCUT2D eigenvalue weighted by molar-refractivity contribution is 5.96. The molecule has 2 aromatic rings. The first kappa shape index (κ1) is 16.2. The van der Waals surface area contributed by atoms with E-state index in [0.29, 0.717) is 24.3 Å². The minimum Gasteiger partial charge on any atom is -0.451 e. The molecule has 2 amide bonds. The van der Waals surface area contributed by atoms with Gasteiger partial charge in [0, 0.05) is 26.2 Å². The van der Waals surface area contributed by atoms with Gasteiger partial charge in [-0.2, -0.15) is 0 Å². The average molecular weight is 330 g/mol.